The lowest BCUT2D eigenvalue weighted by molar-refractivity contribution is -0.160. The molecule has 0 aliphatic carbocycles. The van der Waals surface area contributed by atoms with E-state index in [2.05, 4.69) is 0 Å². The van der Waals surface area contributed by atoms with Crippen LogP contribution in [-0.4, -0.2) is 21.8 Å². The third kappa shape index (κ3) is 4.27. The molecule has 0 heterocycles. The van der Waals surface area contributed by atoms with Crippen LogP contribution < -0.4 is 0 Å². The molecule has 0 bridgehead atoms. The first-order valence-corrected chi connectivity index (χ1v) is 5.02. The Balaban J connectivity index is 4.08. The highest BCUT2D eigenvalue weighted by molar-refractivity contribution is 5.76. The summed E-state index contributed by atoms with van der Waals surface area (Å²) in [5, 5.41) is 18.6. The first kappa shape index (κ1) is 12.4. The molecule has 0 spiro atoms. The standard InChI is InChI=1S/C10H20O3/c1-3-5-7-10(13,9(11)12)8-6-4-2/h13H,3-8H2,1-2H3,(H,11,12). The Morgan fingerprint density at radius 2 is 1.54 bits per heavy atom. The van der Waals surface area contributed by atoms with Crippen molar-refractivity contribution in [3.8, 4) is 0 Å². The molecule has 0 rings (SSSR count). The Bertz CT molecular complexity index is 146. The number of aliphatic carboxylic acids is 1. The zero-order valence-electron chi connectivity index (χ0n) is 8.55. The number of hydrogen-bond acceptors (Lipinski definition) is 2. The number of hydrogen-bond donors (Lipinski definition) is 2. The molecular formula is C10H20O3. The molecule has 0 unspecified atom stereocenters. The summed E-state index contributed by atoms with van der Waals surface area (Å²) in [4.78, 5) is 10.8. The first-order valence-electron chi connectivity index (χ1n) is 5.02. The van der Waals surface area contributed by atoms with Crippen molar-refractivity contribution in [1.82, 2.24) is 0 Å². The van der Waals surface area contributed by atoms with Crippen LogP contribution in [0.25, 0.3) is 0 Å². The lowest BCUT2D eigenvalue weighted by Crippen LogP contribution is -2.38. The van der Waals surface area contributed by atoms with Crippen molar-refractivity contribution in [3.05, 3.63) is 0 Å². The molecule has 3 nitrogen and oxygen atoms in total. The maximum atomic E-state index is 10.8. The summed E-state index contributed by atoms with van der Waals surface area (Å²) in [5.41, 5.74) is -1.48. The topological polar surface area (TPSA) is 57.5 Å². The molecule has 13 heavy (non-hydrogen) atoms. The summed E-state index contributed by atoms with van der Waals surface area (Å²) in [5.74, 6) is -1.07. The fourth-order valence-corrected chi connectivity index (χ4v) is 1.28. The quantitative estimate of drug-likeness (QED) is 0.643. The zero-order valence-corrected chi connectivity index (χ0v) is 8.55. The normalized spacial score (nSPS) is 11.6. The summed E-state index contributed by atoms with van der Waals surface area (Å²) in [6.45, 7) is 3.98. The highest BCUT2D eigenvalue weighted by Gasteiger charge is 2.33. The predicted octanol–water partition coefficient (Wildman–Crippen LogP) is 2.18. The molecule has 0 radical (unpaired) electrons. The first-order chi connectivity index (χ1) is 6.06. The number of carbonyl (C=O) groups is 1. The third-order valence-electron chi connectivity index (χ3n) is 2.29. The molecule has 0 amide bonds. The van der Waals surface area contributed by atoms with Crippen LogP contribution in [0.2, 0.25) is 0 Å². The van der Waals surface area contributed by atoms with E-state index in [1.54, 1.807) is 0 Å². The van der Waals surface area contributed by atoms with Gasteiger partial charge >= 0.3 is 5.97 Å². The number of rotatable bonds is 7. The minimum absolute atomic E-state index is 0.374. The van der Waals surface area contributed by atoms with E-state index < -0.39 is 11.6 Å². The molecule has 0 atom stereocenters. The van der Waals surface area contributed by atoms with Gasteiger partial charge in [-0.1, -0.05) is 39.5 Å². The van der Waals surface area contributed by atoms with E-state index in [9.17, 15) is 9.90 Å². The van der Waals surface area contributed by atoms with E-state index in [0.717, 1.165) is 25.7 Å². The van der Waals surface area contributed by atoms with Crippen LogP contribution >= 0.6 is 0 Å². The van der Waals surface area contributed by atoms with E-state index in [1.807, 2.05) is 13.8 Å². The van der Waals surface area contributed by atoms with Gasteiger partial charge in [0, 0.05) is 0 Å². The molecule has 0 aromatic carbocycles. The van der Waals surface area contributed by atoms with Crippen LogP contribution in [0, 0.1) is 0 Å². The molecule has 78 valence electrons. The van der Waals surface area contributed by atoms with E-state index in [-0.39, 0.29) is 0 Å². The van der Waals surface area contributed by atoms with Crippen LogP contribution in [0.4, 0.5) is 0 Å². The largest absolute Gasteiger partial charge is 0.479 e. The summed E-state index contributed by atoms with van der Waals surface area (Å²) < 4.78 is 0. The fourth-order valence-electron chi connectivity index (χ4n) is 1.28. The lowest BCUT2D eigenvalue weighted by atomic mass is 9.91. The highest BCUT2D eigenvalue weighted by Crippen LogP contribution is 2.21. The smallest absolute Gasteiger partial charge is 0.335 e. The molecule has 2 N–H and O–H groups in total. The third-order valence-corrected chi connectivity index (χ3v) is 2.29. The van der Waals surface area contributed by atoms with Gasteiger partial charge in [-0.2, -0.15) is 0 Å². The Morgan fingerprint density at radius 1 is 1.15 bits per heavy atom. The number of aliphatic hydroxyl groups is 1. The average molecular weight is 188 g/mol. The summed E-state index contributed by atoms with van der Waals surface area (Å²) in [6, 6.07) is 0. The van der Waals surface area contributed by atoms with Gasteiger partial charge in [-0.3, -0.25) is 0 Å². The van der Waals surface area contributed by atoms with Crippen molar-refractivity contribution in [1.29, 1.82) is 0 Å². The molecule has 0 fully saturated rings. The van der Waals surface area contributed by atoms with E-state index in [4.69, 9.17) is 5.11 Å². The van der Waals surface area contributed by atoms with Crippen LogP contribution in [-0.2, 0) is 4.79 Å². The van der Waals surface area contributed by atoms with Gasteiger partial charge in [-0.25, -0.2) is 4.79 Å². The Morgan fingerprint density at radius 3 is 1.77 bits per heavy atom. The molecule has 3 heteroatoms. The molecule has 0 aliphatic rings. The van der Waals surface area contributed by atoms with Gasteiger partial charge in [0.1, 0.15) is 0 Å². The number of unbranched alkanes of at least 4 members (excludes halogenated alkanes) is 2. The Hall–Kier alpha value is -0.570. The molecule has 0 saturated heterocycles. The second-order valence-corrected chi connectivity index (χ2v) is 3.54. The van der Waals surface area contributed by atoms with Crippen LogP contribution in [0.15, 0.2) is 0 Å². The maximum Gasteiger partial charge on any atom is 0.335 e. The minimum Gasteiger partial charge on any atom is -0.479 e. The van der Waals surface area contributed by atoms with Crippen LogP contribution in [0.5, 0.6) is 0 Å². The molecular weight excluding hydrogens is 168 g/mol. The Labute approximate surface area is 79.8 Å². The minimum atomic E-state index is -1.48. The van der Waals surface area contributed by atoms with Crippen molar-refractivity contribution in [2.24, 2.45) is 0 Å². The molecule has 0 aromatic rings. The monoisotopic (exact) mass is 188 g/mol. The number of carboxylic acids is 1. The van der Waals surface area contributed by atoms with Crippen molar-refractivity contribution in [2.75, 3.05) is 0 Å². The van der Waals surface area contributed by atoms with Crippen molar-refractivity contribution in [2.45, 2.75) is 58.0 Å². The lowest BCUT2D eigenvalue weighted by Gasteiger charge is -2.22. The molecule has 0 saturated carbocycles. The van der Waals surface area contributed by atoms with Gasteiger partial charge in [-0.05, 0) is 12.8 Å². The molecule has 0 aliphatic heterocycles. The summed E-state index contributed by atoms with van der Waals surface area (Å²) in [6.07, 6.45) is 4.13. The van der Waals surface area contributed by atoms with Crippen LogP contribution in [0.3, 0.4) is 0 Å². The summed E-state index contributed by atoms with van der Waals surface area (Å²) in [7, 11) is 0. The Kier molecular flexibility index (Phi) is 5.71. The van der Waals surface area contributed by atoms with E-state index in [1.165, 1.54) is 0 Å². The number of carboxylic acid groups (broad SMARTS) is 1. The van der Waals surface area contributed by atoms with E-state index in [0.29, 0.717) is 12.8 Å². The van der Waals surface area contributed by atoms with Crippen molar-refractivity contribution < 1.29 is 15.0 Å². The average Bonchev–Trinajstić information content (AvgIpc) is 2.11. The SMILES string of the molecule is CCCCC(O)(CCCC)C(=O)O. The van der Waals surface area contributed by atoms with Gasteiger partial charge in [0.15, 0.2) is 5.60 Å². The van der Waals surface area contributed by atoms with Crippen molar-refractivity contribution >= 4 is 5.97 Å². The fraction of sp³-hybridized carbons (Fsp3) is 0.900. The van der Waals surface area contributed by atoms with E-state index >= 15 is 0 Å². The zero-order chi connectivity index (χ0) is 10.3. The molecule has 0 aromatic heterocycles. The predicted molar refractivity (Wildman–Crippen MR) is 51.6 cm³/mol. The summed E-state index contributed by atoms with van der Waals surface area (Å²) >= 11 is 0. The second-order valence-electron chi connectivity index (χ2n) is 3.54. The van der Waals surface area contributed by atoms with Crippen molar-refractivity contribution in [3.63, 3.8) is 0 Å². The maximum absolute atomic E-state index is 10.8. The van der Waals surface area contributed by atoms with Gasteiger partial charge in [0.05, 0.1) is 0 Å². The second kappa shape index (κ2) is 5.97. The van der Waals surface area contributed by atoms with Crippen LogP contribution in [0.1, 0.15) is 52.4 Å². The van der Waals surface area contributed by atoms with Gasteiger partial charge in [-0.15, -0.1) is 0 Å². The van der Waals surface area contributed by atoms with Gasteiger partial charge in [0.25, 0.3) is 0 Å². The van der Waals surface area contributed by atoms with Gasteiger partial charge in [0.2, 0.25) is 0 Å². The highest BCUT2D eigenvalue weighted by atomic mass is 16.4. The van der Waals surface area contributed by atoms with Gasteiger partial charge < -0.3 is 10.2 Å².